The van der Waals surface area contributed by atoms with Crippen LogP contribution in [0.2, 0.25) is 0 Å². The van der Waals surface area contributed by atoms with Crippen LogP contribution in [0.25, 0.3) is 5.57 Å². The number of benzene rings is 1. The van der Waals surface area contributed by atoms with Crippen molar-refractivity contribution in [1.82, 2.24) is 25.0 Å². The third-order valence-corrected chi connectivity index (χ3v) is 4.21. The minimum absolute atomic E-state index is 0.105. The van der Waals surface area contributed by atoms with Crippen LogP contribution in [0.5, 0.6) is 5.75 Å². The molecule has 0 saturated carbocycles. The second-order valence-corrected chi connectivity index (χ2v) is 5.94. The Bertz CT molecular complexity index is 751. The fourth-order valence-corrected chi connectivity index (χ4v) is 2.82. The molecule has 0 aliphatic carbocycles. The van der Waals surface area contributed by atoms with Crippen LogP contribution >= 0.6 is 0 Å². The largest absolute Gasteiger partial charge is 0.508 e. The van der Waals surface area contributed by atoms with Gasteiger partial charge in [0.05, 0.1) is 6.04 Å². The molecule has 1 aliphatic heterocycles. The van der Waals surface area contributed by atoms with Crippen LogP contribution in [-0.4, -0.2) is 43.9 Å². The number of phenolic OH excluding ortho intramolecular Hbond substituents is 1. The fourth-order valence-electron chi connectivity index (χ4n) is 2.82. The zero-order valence-corrected chi connectivity index (χ0v) is 13.8. The van der Waals surface area contributed by atoms with Gasteiger partial charge in [-0.15, -0.1) is 10.2 Å². The molecule has 0 radical (unpaired) electrons. The van der Waals surface area contributed by atoms with Crippen LogP contribution in [0.15, 0.2) is 36.7 Å². The zero-order valence-electron chi connectivity index (χ0n) is 13.8. The molecule has 1 aromatic heterocycles. The molecule has 1 atom stereocenters. The topological polar surface area (TPSA) is 83.3 Å². The Kier molecular flexibility index (Phi) is 4.50. The summed E-state index contributed by atoms with van der Waals surface area (Å²) in [6.07, 6.45) is 4.46. The molecule has 2 N–H and O–H groups in total. The smallest absolute Gasteiger partial charge is 0.318 e. The maximum Gasteiger partial charge on any atom is 0.318 e. The summed E-state index contributed by atoms with van der Waals surface area (Å²) < 4.78 is 1.80. The molecule has 24 heavy (non-hydrogen) atoms. The normalized spacial score (nSPS) is 15.8. The summed E-state index contributed by atoms with van der Waals surface area (Å²) in [6.45, 7) is 3.11. The Balaban J connectivity index is 1.60. The van der Waals surface area contributed by atoms with E-state index in [1.165, 1.54) is 5.57 Å². The highest BCUT2D eigenvalue weighted by Crippen LogP contribution is 2.24. The third kappa shape index (κ3) is 3.40. The molecular weight excluding hydrogens is 306 g/mol. The Hall–Kier alpha value is -2.83. The number of carbonyl (C=O) groups excluding carboxylic acids is 1. The summed E-state index contributed by atoms with van der Waals surface area (Å²) >= 11 is 0. The molecule has 1 aromatic carbocycles. The van der Waals surface area contributed by atoms with E-state index in [9.17, 15) is 9.90 Å². The van der Waals surface area contributed by atoms with Crippen LogP contribution in [0, 0.1) is 0 Å². The number of urea groups is 1. The molecule has 2 aromatic rings. The number of rotatable bonds is 3. The number of nitrogens with one attached hydrogen (secondary N) is 1. The number of carbonyl (C=O) groups is 1. The van der Waals surface area contributed by atoms with Crippen molar-refractivity contribution in [2.24, 2.45) is 7.05 Å². The van der Waals surface area contributed by atoms with Gasteiger partial charge in [0, 0.05) is 20.1 Å². The quantitative estimate of drug-likeness (QED) is 0.904. The molecule has 1 unspecified atom stereocenters. The second-order valence-electron chi connectivity index (χ2n) is 5.94. The van der Waals surface area contributed by atoms with Gasteiger partial charge in [0.1, 0.15) is 12.1 Å². The van der Waals surface area contributed by atoms with E-state index >= 15 is 0 Å². The molecule has 2 heterocycles. The highest BCUT2D eigenvalue weighted by atomic mass is 16.3. The molecule has 2 amide bonds. The van der Waals surface area contributed by atoms with E-state index in [0.29, 0.717) is 13.1 Å². The van der Waals surface area contributed by atoms with Gasteiger partial charge in [-0.1, -0.05) is 18.2 Å². The van der Waals surface area contributed by atoms with Gasteiger partial charge in [-0.25, -0.2) is 4.79 Å². The van der Waals surface area contributed by atoms with Crippen molar-refractivity contribution in [2.75, 3.05) is 13.1 Å². The number of nitrogens with zero attached hydrogens (tertiary/aromatic N) is 4. The van der Waals surface area contributed by atoms with Gasteiger partial charge in [0.25, 0.3) is 0 Å². The third-order valence-electron chi connectivity index (χ3n) is 4.21. The van der Waals surface area contributed by atoms with E-state index in [0.717, 1.165) is 17.8 Å². The van der Waals surface area contributed by atoms with Gasteiger partial charge in [-0.3, -0.25) is 0 Å². The number of aromatic nitrogens is 3. The van der Waals surface area contributed by atoms with E-state index in [-0.39, 0.29) is 17.8 Å². The van der Waals surface area contributed by atoms with Crippen molar-refractivity contribution in [1.29, 1.82) is 0 Å². The van der Waals surface area contributed by atoms with E-state index in [2.05, 4.69) is 21.6 Å². The van der Waals surface area contributed by atoms with Crippen LogP contribution in [0.3, 0.4) is 0 Å². The highest BCUT2D eigenvalue weighted by molar-refractivity contribution is 5.77. The minimum atomic E-state index is -0.201. The van der Waals surface area contributed by atoms with Crippen LogP contribution in [0.1, 0.15) is 30.8 Å². The van der Waals surface area contributed by atoms with Crippen LogP contribution in [-0.2, 0) is 7.05 Å². The van der Waals surface area contributed by atoms with Gasteiger partial charge < -0.3 is 19.9 Å². The second kappa shape index (κ2) is 6.74. The predicted molar refractivity (Wildman–Crippen MR) is 90.2 cm³/mol. The molecule has 0 spiro atoms. The van der Waals surface area contributed by atoms with E-state index < -0.39 is 0 Å². The van der Waals surface area contributed by atoms with Crippen molar-refractivity contribution in [3.8, 4) is 5.75 Å². The van der Waals surface area contributed by atoms with Crippen molar-refractivity contribution < 1.29 is 9.90 Å². The monoisotopic (exact) mass is 327 g/mol. The number of aryl methyl sites for hydroxylation is 1. The number of hydrogen-bond acceptors (Lipinski definition) is 4. The number of phenols is 1. The van der Waals surface area contributed by atoms with Gasteiger partial charge >= 0.3 is 6.03 Å². The Morgan fingerprint density at radius 3 is 2.67 bits per heavy atom. The first-order valence-electron chi connectivity index (χ1n) is 7.92. The maximum atomic E-state index is 12.4. The van der Waals surface area contributed by atoms with Crippen molar-refractivity contribution >= 4 is 11.6 Å². The standard InChI is InChI=1S/C17H21N5O2/c1-12(16-20-18-11-21(16)2)19-17(24)22-9-7-14(8-10-22)13-3-5-15(23)6-4-13/h3-7,11-12,23H,8-10H2,1-2H3,(H,19,24). The fraction of sp³-hybridized carbons (Fsp3) is 0.353. The van der Waals surface area contributed by atoms with E-state index in [4.69, 9.17) is 0 Å². The first-order chi connectivity index (χ1) is 11.5. The summed E-state index contributed by atoms with van der Waals surface area (Å²) in [5.41, 5.74) is 2.28. The molecule has 7 heteroatoms. The van der Waals surface area contributed by atoms with Crippen molar-refractivity contribution in [3.63, 3.8) is 0 Å². The molecule has 0 saturated heterocycles. The molecule has 0 fully saturated rings. The van der Waals surface area contributed by atoms with Gasteiger partial charge in [-0.05, 0) is 36.6 Å². The molecule has 0 bridgehead atoms. The minimum Gasteiger partial charge on any atom is -0.508 e. The average Bonchev–Trinajstić information content (AvgIpc) is 3.02. The van der Waals surface area contributed by atoms with E-state index in [1.54, 1.807) is 27.9 Å². The van der Waals surface area contributed by atoms with Crippen molar-refractivity contribution in [3.05, 3.63) is 48.1 Å². The summed E-state index contributed by atoms with van der Waals surface area (Å²) in [5.74, 6) is 0.981. The molecule has 1 aliphatic rings. The SMILES string of the molecule is CC(NC(=O)N1CC=C(c2ccc(O)cc2)CC1)c1nncn1C. The number of hydrogen-bond donors (Lipinski definition) is 2. The van der Waals surface area contributed by atoms with Gasteiger partial charge in [0.15, 0.2) is 5.82 Å². The lowest BCUT2D eigenvalue weighted by atomic mass is 9.99. The maximum absolute atomic E-state index is 12.4. The number of aromatic hydroxyl groups is 1. The van der Waals surface area contributed by atoms with Crippen molar-refractivity contribution in [2.45, 2.75) is 19.4 Å². The van der Waals surface area contributed by atoms with E-state index in [1.807, 2.05) is 26.1 Å². The summed E-state index contributed by atoms with van der Waals surface area (Å²) in [4.78, 5) is 14.2. The highest BCUT2D eigenvalue weighted by Gasteiger charge is 2.21. The summed E-state index contributed by atoms with van der Waals surface area (Å²) in [7, 11) is 1.85. The lowest BCUT2D eigenvalue weighted by Gasteiger charge is -2.28. The van der Waals surface area contributed by atoms with Crippen LogP contribution in [0.4, 0.5) is 4.79 Å². The first kappa shape index (κ1) is 16.0. The predicted octanol–water partition coefficient (Wildman–Crippen LogP) is 2.08. The lowest BCUT2D eigenvalue weighted by Crippen LogP contribution is -2.43. The van der Waals surface area contributed by atoms with Gasteiger partial charge in [-0.2, -0.15) is 0 Å². The first-order valence-corrected chi connectivity index (χ1v) is 7.92. The summed E-state index contributed by atoms with van der Waals surface area (Å²) in [5, 5.41) is 20.2. The van der Waals surface area contributed by atoms with Gasteiger partial charge in [0.2, 0.25) is 0 Å². The summed E-state index contributed by atoms with van der Waals surface area (Å²) in [6, 6.07) is 6.84. The van der Waals surface area contributed by atoms with Crippen LogP contribution < -0.4 is 5.32 Å². The molecule has 126 valence electrons. The lowest BCUT2D eigenvalue weighted by molar-refractivity contribution is 0.199. The molecular formula is C17H21N5O2. The Labute approximate surface area is 140 Å². The Morgan fingerprint density at radius 1 is 1.33 bits per heavy atom. The zero-order chi connectivity index (χ0) is 17.1. The molecule has 3 rings (SSSR count). The molecule has 7 nitrogen and oxygen atoms in total. The number of amides is 2. The Morgan fingerprint density at radius 2 is 2.08 bits per heavy atom. The average molecular weight is 327 g/mol.